The molecule has 2 heterocycles. The number of nitrogens with zero attached hydrogens (tertiary/aromatic N) is 2. The molecule has 0 saturated carbocycles. The first-order chi connectivity index (χ1) is 10.7. The van der Waals surface area contributed by atoms with Gasteiger partial charge in [0.1, 0.15) is 16.8 Å². The topological polar surface area (TPSA) is 88.7 Å². The molecule has 0 spiro atoms. The molecule has 1 aromatic heterocycles. The van der Waals surface area contributed by atoms with Crippen LogP contribution in [0.15, 0.2) is 35.7 Å². The number of amides is 1. The summed E-state index contributed by atoms with van der Waals surface area (Å²) in [5.41, 5.74) is 6.64. The van der Waals surface area contributed by atoms with E-state index in [9.17, 15) is 9.90 Å². The second-order valence-electron chi connectivity index (χ2n) is 5.16. The SMILES string of the molecule is NC(=O)c1csc([C@H]2C[C@@H](CO)ON2Cc2ccccc2)n1. The number of thiazole rings is 1. The van der Waals surface area contributed by atoms with E-state index in [2.05, 4.69) is 4.98 Å². The van der Waals surface area contributed by atoms with Crippen LogP contribution >= 0.6 is 11.3 Å². The molecule has 116 valence electrons. The van der Waals surface area contributed by atoms with Crippen molar-refractivity contribution in [3.63, 3.8) is 0 Å². The average molecular weight is 319 g/mol. The van der Waals surface area contributed by atoms with E-state index in [0.717, 1.165) is 10.6 Å². The number of benzene rings is 1. The molecule has 1 aromatic carbocycles. The van der Waals surface area contributed by atoms with Gasteiger partial charge in [0.25, 0.3) is 5.91 Å². The minimum Gasteiger partial charge on any atom is -0.394 e. The van der Waals surface area contributed by atoms with Crippen molar-refractivity contribution in [1.29, 1.82) is 0 Å². The number of carbonyl (C=O) groups excluding carboxylic acids is 1. The van der Waals surface area contributed by atoms with Crippen LogP contribution in [0.2, 0.25) is 0 Å². The van der Waals surface area contributed by atoms with Gasteiger partial charge < -0.3 is 10.8 Å². The van der Waals surface area contributed by atoms with Crippen molar-refractivity contribution < 1.29 is 14.7 Å². The highest BCUT2D eigenvalue weighted by Crippen LogP contribution is 2.36. The van der Waals surface area contributed by atoms with E-state index in [1.165, 1.54) is 11.3 Å². The highest BCUT2D eigenvalue weighted by molar-refractivity contribution is 7.09. The number of hydrogen-bond acceptors (Lipinski definition) is 6. The fourth-order valence-corrected chi connectivity index (χ4v) is 3.39. The molecule has 1 fully saturated rings. The highest BCUT2D eigenvalue weighted by atomic mass is 32.1. The molecule has 2 aromatic rings. The number of nitrogens with two attached hydrogens (primary N) is 1. The predicted octanol–water partition coefficient (Wildman–Crippen LogP) is 1.48. The summed E-state index contributed by atoms with van der Waals surface area (Å²) in [4.78, 5) is 21.3. The van der Waals surface area contributed by atoms with Gasteiger partial charge in [-0.05, 0) is 5.56 Å². The van der Waals surface area contributed by atoms with Crippen LogP contribution in [-0.4, -0.2) is 33.8 Å². The van der Waals surface area contributed by atoms with Crippen LogP contribution in [0.5, 0.6) is 0 Å². The Morgan fingerprint density at radius 2 is 2.23 bits per heavy atom. The smallest absolute Gasteiger partial charge is 0.268 e. The van der Waals surface area contributed by atoms with Gasteiger partial charge in [0, 0.05) is 18.3 Å². The number of aliphatic hydroxyl groups excluding tert-OH is 1. The molecule has 0 bridgehead atoms. The zero-order valence-corrected chi connectivity index (χ0v) is 12.7. The maximum absolute atomic E-state index is 11.2. The fourth-order valence-electron chi connectivity index (χ4n) is 2.47. The molecule has 0 unspecified atom stereocenters. The third-order valence-corrected chi connectivity index (χ3v) is 4.51. The summed E-state index contributed by atoms with van der Waals surface area (Å²) in [6.45, 7) is 0.545. The first kappa shape index (κ1) is 15.1. The number of aromatic nitrogens is 1. The van der Waals surface area contributed by atoms with Crippen LogP contribution in [0.25, 0.3) is 0 Å². The van der Waals surface area contributed by atoms with E-state index in [4.69, 9.17) is 10.6 Å². The third kappa shape index (κ3) is 3.17. The normalized spacial score (nSPS) is 22.0. The third-order valence-electron chi connectivity index (χ3n) is 3.56. The second-order valence-corrected chi connectivity index (χ2v) is 6.05. The van der Waals surface area contributed by atoms with Crippen molar-refractivity contribution >= 4 is 17.2 Å². The van der Waals surface area contributed by atoms with Crippen LogP contribution in [0.3, 0.4) is 0 Å². The van der Waals surface area contributed by atoms with Crippen LogP contribution in [-0.2, 0) is 11.4 Å². The van der Waals surface area contributed by atoms with Crippen molar-refractivity contribution in [3.05, 3.63) is 52.0 Å². The Morgan fingerprint density at radius 1 is 1.45 bits per heavy atom. The molecule has 0 radical (unpaired) electrons. The van der Waals surface area contributed by atoms with Crippen molar-refractivity contribution in [2.45, 2.75) is 25.1 Å². The summed E-state index contributed by atoms with van der Waals surface area (Å²) < 4.78 is 0. The minimum atomic E-state index is -0.533. The Labute approximate surface area is 132 Å². The number of primary amides is 1. The largest absolute Gasteiger partial charge is 0.394 e. The molecular formula is C15H17N3O3S. The predicted molar refractivity (Wildman–Crippen MR) is 81.9 cm³/mol. The van der Waals surface area contributed by atoms with E-state index in [-0.39, 0.29) is 24.4 Å². The van der Waals surface area contributed by atoms with Gasteiger partial charge in [0.05, 0.1) is 12.6 Å². The molecule has 1 amide bonds. The van der Waals surface area contributed by atoms with Gasteiger partial charge in [-0.1, -0.05) is 30.3 Å². The quantitative estimate of drug-likeness (QED) is 0.871. The number of hydrogen-bond donors (Lipinski definition) is 2. The maximum Gasteiger partial charge on any atom is 0.268 e. The molecule has 2 atom stereocenters. The molecule has 6 nitrogen and oxygen atoms in total. The average Bonchev–Trinajstić information content (AvgIpc) is 3.14. The van der Waals surface area contributed by atoms with E-state index in [1.54, 1.807) is 5.38 Å². The fraction of sp³-hybridized carbons (Fsp3) is 0.333. The van der Waals surface area contributed by atoms with E-state index < -0.39 is 5.91 Å². The number of aliphatic hydroxyl groups is 1. The first-order valence-electron chi connectivity index (χ1n) is 7.01. The molecule has 1 aliphatic rings. The number of rotatable bonds is 5. The van der Waals surface area contributed by atoms with E-state index in [1.807, 2.05) is 35.4 Å². The van der Waals surface area contributed by atoms with E-state index in [0.29, 0.717) is 13.0 Å². The summed E-state index contributed by atoms with van der Waals surface area (Å²) >= 11 is 1.39. The van der Waals surface area contributed by atoms with Crippen LogP contribution in [0, 0.1) is 0 Å². The molecular weight excluding hydrogens is 302 g/mol. The first-order valence-corrected chi connectivity index (χ1v) is 7.88. The van der Waals surface area contributed by atoms with Crippen molar-refractivity contribution in [2.75, 3.05) is 6.61 Å². The molecule has 22 heavy (non-hydrogen) atoms. The van der Waals surface area contributed by atoms with Gasteiger partial charge in [0.2, 0.25) is 0 Å². The van der Waals surface area contributed by atoms with Gasteiger partial charge in [-0.2, -0.15) is 5.06 Å². The van der Waals surface area contributed by atoms with E-state index >= 15 is 0 Å². The second kappa shape index (κ2) is 6.53. The van der Waals surface area contributed by atoms with Crippen molar-refractivity contribution in [1.82, 2.24) is 10.0 Å². The van der Waals surface area contributed by atoms with Gasteiger partial charge in [-0.3, -0.25) is 9.63 Å². The monoisotopic (exact) mass is 319 g/mol. The van der Waals surface area contributed by atoms with Crippen LogP contribution in [0.1, 0.15) is 33.5 Å². The summed E-state index contributed by atoms with van der Waals surface area (Å²) in [6.07, 6.45) is 0.379. The summed E-state index contributed by atoms with van der Waals surface area (Å²) in [6, 6.07) is 9.85. The van der Waals surface area contributed by atoms with Gasteiger partial charge >= 0.3 is 0 Å². The zero-order chi connectivity index (χ0) is 15.5. The summed E-state index contributed by atoms with van der Waals surface area (Å²) in [5.74, 6) is -0.533. The summed E-state index contributed by atoms with van der Waals surface area (Å²) in [7, 11) is 0. The zero-order valence-electron chi connectivity index (χ0n) is 11.9. The lowest BCUT2D eigenvalue weighted by Gasteiger charge is -2.21. The molecule has 3 N–H and O–H groups in total. The number of hydroxylamine groups is 2. The lowest BCUT2D eigenvalue weighted by molar-refractivity contribution is -0.178. The Hall–Kier alpha value is -1.80. The highest BCUT2D eigenvalue weighted by Gasteiger charge is 2.36. The summed E-state index contributed by atoms with van der Waals surface area (Å²) in [5, 5.41) is 13.6. The van der Waals surface area contributed by atoms with Crippen molar-refractivity contribution in [2.24, 2.45) is 5.73 Å². The van der Waals surface area contributed by atoms with Crippen LogP contribution < -0.4 is 5.73 Å². The molecule has 1 saturated heterocycles. The Balaban J connectivity index is 1.81. The number of carbonyl (C=O) groups is 1. The minimum absolute atomic E-state index is 0.0458. The standard InChI is InChI=1S/C15H17N3O3S/c16-14(20)12-9-22-15(17-12)13-6-11(8-19)21-18(13)7-10-4-2-1-3-5-10/h1-5,9,11,13,19H,6-8H2,(H2,16,20)/t11-,13+/m0/s1. The van der Waals surface area contributed by atoms with Gasteiger partial charge in [0.15, 0.2) is 0 Å². The Morgan fingerprint density at radius 3 is 2.86 bits per heavy atom. The molecule has 0 aliphatic carbocycles. The maximum atomic E-state index is 11.2. The lowest BCUT2D eigenvalue weighted by atomic mass is 10.1. The lowest BCUT2D eigenvalue weighted by Crippen LogP contribution is -2.23. The van der Waals surface area contributed by atoms with Crippen molar-refractivity contribution in [3.8, 4) is 0 Å². The van der Waals surface area contributed by atoms with Gasteiger partial charge in [-0.25, -0.2) is 4.98 Å². The molecule has 7 heteroatoms. The van der Waals surface area contributed by atoms with Gasteiger partial charge in [-0.15, -0.1) is 11.3 Å². The Kier molecular flexibility index (Phi) is 4.49. The Bertz CT molecular complexity index is 646. The molecule has 1 aliphatic heterocycles. The van der Waals surface area contributed by atoms with Crippen LogP contribution in [0.4, 0.5) is 0 Å². The molecule has 3 rings (SSSR count).